The molecule has 8 heteroatoms. The quantitative estimate of drug-likeness (QED) is 0.310. The number of nitrogen functional groups attached to an aromatic ring is 1. The number of nitrogens with zero attached hydrogens (tertiary/aromatic N) is 1. The lowest BCUT2D eigenvalue weighted by Crippen LogP contribution is -2.19. The van der Waals surface area contributed by atoms with Crippen molar-refractivity contribution in [3.63, 3.8) is 0 Å². The monoisotopic (exact) mass is 455 g/mol. The number of carbonyl (C=O) groups is 1. The lowest BCUT2D eigenvalue weighted by Gasteiger charge is -2.10. The largest absolute Gasteiger partial charge is 0.382 e. The summed E-state index contributed by atoms with van der Waals surface area (Å²) in [6, 6.07) is 18.2. The summed E-state index contributed by atoms with van der Waals surface area (Å²) >= 11 is 9.46. The highest BCUT2D eigenvalue weighted by molar-refractivity contribution is 9.10. The van der Waals surface area contributed by atoms with Crippen LogP contribution in [0.1, 0.15) is 0 Å². The summed E-state index contributed by atoms with van der Waals surface area (Å²) in [5.41, 5.74) is 9.98. The lowest BCUT2D eigenvalue weighted by molar-refractivity contribution is 0.262. The molecule has 4 aromatic rings. The van der Waals surface area contributed by atoms with Gasteiger partial charge in [0.15, 0.2) is 5.82 Å². The highest BCUT2D eigenvalue weighted by Crippen LogP contribution is 2.32. The zero-order chi connectivity index (χ0) is 19.7. The van der Waals surface area contributed by atoms with Gasteiger partial charge in [0.2, 0.25) is 0 Å². The molecule has 0 unspecified atom stereocenters. The van der Waals surface area contributed by atoms with Crippen LogP contribution < -0.4 is 16.4 Å². The second-order valence-electron chi connectivity index (χ2n) is 6.12. The van der Waals surface area contributed by atoms with Crippen LogP contribution in [0.3, 0.4) is 0 Å². The molecule has 28 heavy (non-hydrogen) atoms. The van der Waals surface area contributed by atoms with Gasteiger partial charge in [-0.05, 0) is 47.5 Å². The Morgan fingerprint density at radius 2 is 1.86 bits per heavy atom. The molecule has 0 aliphatic carbocycles. The zero-order valence-corrected chi connectivity index (χ0v) is 16.8. The van der Waals surface area contributed by atoms with Gasteiger partial charge in [-0.15, -0.1) is 0 Å². The van der Waals surface area contributed by atoms with Gasteiger partial charge in [0, 0.05) is 10.2 Å². The van der Waals surface area contributed by atoms with E-state index < -0.39 is 0 Å². The van der Waals surface area contributed by atoms with Gasteiger partial charge in [-0.2, -0.15) is 5.10 Å². The highest BCUT2D eigenvalue weighted by Gasteiger charge is 2.10. The van der Waals surface area contributed by atoms with Crippen LogP contribution in [0.4, 0.5) is 22.0 Å². The first kappa shape index (κ1) is 18.3. The second-order valence-corrected chi connectivity index (χ2v) is 7.44. The van der Waals surface area contributed by atoms with E-state index in [0.29, 0.717) is 22.2 Å². The van der Waals surface area contributed by atoms with Crippen molar-refractivity contribution in [1.29, 1.82) is 0 Å². The lowest BCUT2D eigenvalue weighted by atomic mass is 10.0. The minimum Gasteiger partial charge on any atom is -0.382 e. The van der Waals surface area contributed by atoms with Gasteiger partial charge >= 0.3 is 6.03 Å². The van der Waals surface area contributed by atoms with Crippen LogP contribution in [0.2, 0.25) is 5.02 Å². The molecule has 1 heterocycles. The molecule has 0 fully saturated rings. The summed E-state index contributed by atoms with van der Waals surface area (Å²) in [6.45, 7) is 0. The van der Waals surface area contributed by atoms with Crippen molar-refractivity contribution < 1.29 is 4.79 Å². The van der Waals surface area contributed by atoms with Crippen LogP contribution in [0.15, 0.2) is 65.1 Å². The number of aromatic nitrogens is 2. The van der Waals surface area contributed by atoms with Gasteiger partial charge in [-0.3, -0.25) is 5.10 Å². The molecule has 4 rings (SSSR count). The minimum absolute atomic E-state index is 0.381. The van der Waals surface area contributed by atoms with E-state index in [1.54, 1.807) is 18.2 Å². The molecule has 0 aliphatic rings. The van der Waals surface area contributed by atoms with Gasteiger partial charge in [0.05, 0.1) is 21.6 Å². The van der Waals surface area contributed by atoms with Gasteiger partial charge in [0.25, 0.3) is 0 Å². The molecular formula is C20H15BrClN5O. The van der Waals surface area contributed by atoms with Crippen molar-refractivity contribution >= 4 is 61.7 Å². The Labute approximate surface area is 174 Å². The van der Waals surface area contributed by atoms with Crippen molar-refractivity contribution in [2.75, 3.05) is 16.4 Å². The third-order valence-corrected chi connectivity index (χ3v) is 5.07. The molecule has 0 atom stereocenters. The SMILES string of the molecule is Nc1n[nH]c2cccc(-c3ccc(NC(=O)Nc4cc(Br)ccc4Cl)cc3)c12. The number of hydrogen-bond acceptors (Lipinski definition) is 3. The Hall–Kier alpha value is -3.03. The number of urea groups is 1. The summed E-state index contributed by atoms with van der Waals surface area (Å²) in [6.07, 6.45) is 0. The molecule has 0 spiro atoms. The molecule has 0 aliphatic heterocycles. The topological polar surface area (TPSA) is 95.8 Å². The maximum Gasteiger partial charge on any atom is 0.323 e. The van der Waals surface area contributed by atoms with Crippen LogP contribution >= 0.6 is 27.5 Å². The van der Waals surface area contributed by atoms with Crippen molar-refractivity contribution in [2.24, 2.45) is 0 Å². The van der Waals surface area contributed by atoms with Gasteiger partial charge in [0.1, 0.15) is 0 Å². The number of benzene rings is 3. The summed E-state index contributed by atoms with van der Waals surface area (Å²) in [5.74, 6) is 0.457. The summed E-state index contributed by atoms with van der Waals surface area (Å²) in [7, 11) is 0. The Bertz CT molecular complexity index is 1170. The van der Waals surface area contributed by atoms with Gasteiger partial charge in [-0.1, -0.05) is 51.8 Å². The van der Waals surface area contributed by atoms with Crippen LogP contribution in [0.5, 0.6) is 0 Å². The number of rotatable bonds is 3. The molecule has 5 N–H and O–H groups in total. The molecular weight excluding hydrogens is 442 g/mol. The van der Waals surface area contributed by atoms with Crippen molar-refractivity contribution in [3.8, 4) is 11.1 Å². The Balaban J connectivity index is 1.52. The number of nitrogens with one attached hydrogen (secondary N) is 3. The minimum atomic E-state index is -0.381. The molecule has 1 aromatic heterocycles. The predicted molar refractivity (Wildman–Crippen MR) is 118 cm³/mol. The number of nitrogens with two attached hydrogens (primary N) is 1. The molecule has 0 saturated heterocycles. The first-order valence-electron chi connectivity index (χ1n) is 8.37. The van der Waals surface area contributed by atoms with Crippen molar-refractivity contribution in [2.45, 2.75) is 0 Å². The maximum absolute atomic E-state index is 12.3. The van der Waals surface area contributed by atoms with E-state index in [-0.39, 0.29) is 6.03 Å². The smallest absolute Gasteiger partial charge is 0.323 e. The fourth-order valence-corrected chi connectivity index (χ4v) is 3.48. The molecule has 0 bridgehead atoms. The summed E-state index contributed by atoms with van der Waals surface area (Å²) in [4.78, 5) is 12.3. The number of halogens is 2. The van der Waals surface area contributed by atoms with E-state index in [4.69, 9.17) is 17.3 Å². The normalized spacial score (nSPS) is 10.8. The maximum atomic E-state index is 12.3. The van der Waals surface area contributed by atoms with E-state index in [1.807, 2.05) is 42.5 Å². The Morgan fingerprint density at radius 3 is 2.64 bits per heavy atom. The third-order valence-electron chi connectivity index (χ3n) is 4.25. The van der Waals surface area contributed by atoms with Crippen LogP contribution in [0.25, 0.3) is 22.0 Å². The third kappa shape index (κ3) is 3.67. The van der Waals surface area contributed by atoms with E-state index in [0.717, 1.165) is 26.5 Å². The number of carbonyl (C=O) groups excluding carboxylic acids is 1. The standard InChI is InChI=1S/C20H15BrClN5O/c21-12-6-9-15(22)17(10-12)25-20(28)24-13-7-4-11(5-8-13)14-2-1-3-16-18(14)19(23)27-26-16/h1-10H,(H3,23,26,27)(H2,24,25,28). The Kier molecular flexibility index (Phi) is 4.93. The van der Waals surface area contributed by atoms with E-state index in [9.17, 15) is 4.79 Å². The van der Waals surface area contributed by atoms with Crippen LogP contribution in [-0.2, 0) is 0 Å². The first-order chi connectivity index (χ1) is 13.5. The number of anilines is 3. The zero-order valence-electron chi connectivity index (χ0n) is 14.5. The van der Waals surface area contributed by atoms with Gasteiger partial charge < -0.3 is 16.4 Å². The molecule has 140 valence electrons. The number of aromatic amines is 1. The first-order valence-corrected chi connectivity index (χ1v) is 9.54. The fourth-order valence-electron chi connectivity index (χ4n) is 2.95. The predicted octanol–water partition coefficient (Wildman–Crippen LogP) is 5.87. The van der Waals surface area contributed by atoms with E-state index >= 15 is 0 Å². The van der Waals surface area contributed by atoms with E-state index in [1.165, 1.54) is 0 Å². The molecule has 6 nitrogen and oxygen atoms in total. The second kappa shape index (κ2) is 7.53. The van der Waals surface area contributed by atoms with E-state index in [2.05, 4.69) is 36.8 Å². The number of H-pyrrole nitrogens is 1. The summed E-state index contributed by atoms with van der Waals surface area (Å²) < 4.78 is 0.823. The summed E-state index contributed by atoms with van der Waals surface area (Å²) in [5, 5.41) is 13.8. The fraction of sp³-hybridized carbons (Fsp3) is 0. The molecule has 2 amide bonds. The molecule has 0 saturated carbocycles. The molecule has 0 radical (unpaired) electrons. The number of hydrogen-bond donors (Lipinski definition) is 4. The van der Waals surface area contributed by atoms with Crippen molar-refractivity contribution in [1.82, 2.24) is 10.2 Å². The number of amides is 2. The van der Waals surface area contributed by atoms with Crippen LogP contribution in [-0.4, -0.2) is 16.2 Å². The average molecular weight is 457 g/mol. The van der Waals surface area contributed by atoms with Crippen molar-refractivity contribution in [3.05, 3.63) is 70.2 Å². The molecule has 3 aromatic carbocycles. The highest BCUT2D eigenvalue weighted by atomic mass is 79.9. The number of fused-ring (bicyclic) bond motifs is 1. The Morgan fingerprint density at radius 1 is 1.07 bits per heavy atom. The van der Waals surface area contributed by atoms with Gasteiger partial charge in [-0.25, -0.2) is 4.79 Å². The van der Waals surface area contributed by atoms with Crippen LogP contribution in [0, 0.1) is 0 Å². The average Bonchev–Trinajstić information content (AvgIpc) is 3.07.